The third kappa shape index (κ3) is 3.05. The van der Waals surface area contributed by atoms with Gasteiger partial charge in [0.2, 0.25) is 0 Å². The van der Waals surface area contributed by atoms with Gasteiger partial charge in [-0.05, 0) is 39.7 Å². The molecule has 0 radical (unpaired) electrons. The van der Waals surface area contributed by atoms with Crippen LogP contribution in [0.15, 0.2) is 34.9 Å². The van der Waals surface area contributed by atoms with E-state index in [4.69, 9.17) is 9.47 Å². The second-order valence-electron chi connectivity index (χ2n) is 4.82. The first-order valence-corrected chi connectivity index (χ1v) is 7.41. The van der Waals surface area contributed by atoms with Crippen LogP contribution in [0.3, 0.4) is 0 Å². The number of carbonyl (C=O) groups excluding carboxylic acids is 1. The van der Waals surface area contributed by atoms with Gasteiger partial charge in [0.1, 0.15) is 18.9 Å². The van der Waals surface area contributed by atoms with Crippen molar-refractivity contribution in [1.82, 2.24) is 9.88 Å². The number of rotatable bonds is 3. The van der Waals surface area contributed by atoms with E-state index in [1.165, 1.54) is 0 Å². The van der Waals surface area contributed by atoms with Crippen molar-refractivity contribution in [2.45, 2.75) is 6.54 Å². The zero-order valence-electron chi connectivity index (χ0n) is 11.6. The molecule has 110 valence electrons. The lowest BCUT2D eigenvalue weighted by Gasteiger charge is -2.19. The molecule has 1 aliphatic rings. The van der Waals surface area contributed by atoms with E-state index in [1.54, 1.807) is 10.6 Å². The number of hydrogen-bond acceptors (Lipinski definition) is 3. The molecule has 1 aliphatic heterocycles. The van der Waals surface area contributed by atoms with Crippen LogP contribution in [0.25, 0.3) is 0 Å². The molecular weight excluding hydrogens is 336 g/mol. The van der Waals surface area contributed by atoms with Crippen LogP contribution in [0.5, 0.6) is 11.5 Å². The highest BCUT2D eigenvalue weighted by Crippen LogP contribution is 2.30. The smallest absolute Gasteiger partial charge is 0.268 e. The Morgan fingerprint density at radius 1 is 1.29 bits per heavy atom. The predicted molar refractivity (Wildman–Crippen MR) is 81.7 cm³/mol. The van der Waals surface area contributed by atoms with Crippen LogP contribution >= 0.6 is 15.9 Å². The largest absolute Gasteiger partial charge is 0.486 e. The van der Waals surface area contributed by atoms with Gasteiger partial charge < -0.3 is 19.4 Å². The molecule has 2 aromatic rings. The number of amides is 1. The first kappa shape index (κ1) is 14.0. The fourth-order valence-corrected chi connectivity index (χ4v) is 2.74. The molecule has 0 spiro atoms. The molecule has 1 aromatic carbocycles. The SMILES string of the molecule is Cn1cc(Br)cc1C(=O)NCc1ccc2c(c1)OCCO2. The number of carbonyl (C=O) groups is 1. The lowest BCUT2D eigenvalue weighted by molar-refractivity contribution is 0.0942. The van der Waals surface area contributed by atoms with Gasteiger partial charge in [0.05, 0.1) is 0 Å². The Kier molecular flexibility index (Phi) is 3.88. The number of aryl methyl sites for hydroxylation is 1. The summed E-state index contributed by atoms with van der Waals surface area (Å²) in [7, 11) is 1.84. The quantitative estimate of drug-likeness (QED) is 0.925. The van der Waals surface area contributed by atoms with Crippen molar-refractivity contribution >= 4 is 21.8 Å². The van der Waals surface area contributed by atoms with Gasteiger partial charge >= 0.3 is 0 Å². The maximum atomic E-state index is 12.1. The molecule has 0 bridgehead atoms. The molecule has 0 aliphatic carbocycles. The first-order chi connectivity index (χ1) is 10.1. The normalized spacial score (nSPS) is 13.0. The van der Waals surface area contributed by atoms with E-state index >= 15 is 0 Å². The molecule has 5 nitrogen and oxygen atoms in total. The highest BCUT2D eigenvalue weighted by Gasteiger charge is 2.13. The van der Waals surface area contributed by atoms with Crippen molar-refractivity contribution in [1.29, 1.82) is 0 Å². The summed E-state index contributed by atoms with van der Waals surface area (Å²) in [4.78, 5) is 12.1. The van der Waals surface area contributed by atoms with E-state index in [9.17, 15) is 4.79 Å². The van der Waals surface area contributed by atoms with Crippen molar-refractivity contribution < 1.29 is 14.3 Å². The van der Waals surface area contributed by atoms with Crippen LogP contribution in [-0.4, -0.2) is 23.7 Å². The number of aromatic nitrogens is 1. The predicted octanol–water partition coefficient (Wildman–Crippen LogP) is 2.49. The van der Waals surface area contributed by atoms with Gasteiger partial charge in [0, 0.05) is 24.3 Å². The molecule has 0 saturated carbocycles. The fourth-order valence-electron chi connectivity index (χ4n) is 2.22. The van der Waals surface area contributed by atoms with E-state index in [0.29, 0.717) is 25.5 Å². The van der Waals surface area contributed by atoms with Crippen LogP contribution in [0.4, 0.5) is 0 Å². The molecule has 0 unspecified atom stereocenters. The minimum Gasteiger partial charge on any atom is -0.486 e. The Bertz CT molecular complexity index is 682. The van der Waals surface area contributed by atoms with Gasteiger partial charge in [-0.1, -0.05) is 6.07 Å². The molecule has 2 heterocycles. The average Bonchev–Trinajstić information content (AvgIpc) is 2.83. The van der Waals surface area contributed by atoms with Crippen molar-refractivity contribution in [3.05, 3.63) is 46.2 Å². The molecule has 0 fully saturated rings. The van der Waals surface area contributed by atoms with Gasteiger partial charge in [-0.3, -0.25) is 4.79 Å². The number of nitrogens with zero attached hydrogens (tertiary/aromatic N) is 1. The summed E-state index contributed by atoms with van der Waals surface area (Å²) in [5, 5.41) is 2.90. The van der Waals surface area contributed by atoms with Crippen LogP contribution in [0.2, 0.25) is 0 Å². The second kappa shape index (κ2) is 5.81. The average molecular weight is 351 g/mol. The lowest BCUT2D eigenvalue weighted by atomic mass is 10.2. The van der Waals surface area contributed by atoms with Crippen LogP contribution in [-0.2, 0) is 13.6 Å². The maximum absolute atomic E-state index is 12.1. The Balaban J connectivity index is 1.67. The maximum Gasteiger partial charge on any atom is 0.268 e. The van der Waals surface area contributed by atoms with Gasteiger partial charge in [-0.25, -0.2) is 0 Å². The molecule has 1 aromatic heterocycles. The third-order valence-corrected chi connectivity index (χ3v) is 3.70. The van der Waals surface area contributed by atoms with E-state index in [2.05, 4.69) is 21.2 Å². The summed E-state index contributed by atoms with van der Waals surface area (Å²) in [6.45, 7) is 1.57. The summed E-state index contributed by atoms with van der Waals surface area (Å²) < 4.78 is 13.7. The molecule has 3 rings (SSSR count). The number of hydrogen-bond donors (Lipinski definition) is 1. The molecule has 21 heavy (non-hydrogen) atoms. The third-order valence-electron chi connectivity index (χ3n) is 3.26. The van der Waals surface area contributed by atoms with Crippen molar-refractivity contribution in [2.75, 3.05) is 13.2 Å². The van der Waals surface area contributed by atoms with Crippen molar-refractivity contribution in [2.24, 2.45) is 7.05 Å². The minimum absolute atomic E-state index is 0.113. The Labute approximate surface area is 131 Å². The summed E-state index contributed by atoms with van der Waals surface area (Å²) in [6.07, 6.45) is 1.85. The minimum atomic E-state index is -0.113. The summed E-state index contributed by atoms with van der Waals surface area (Å²) in [5.74, 6) is 1.37. The van der Waals surface area contributed by atoms with E-state index < -0.39 is 0 Å². The van der Waals surface area contributed by atoms with Gasteiger partial charge in [0.25, 0.3) is 5.91 Å². The summed E-state index contributed by atoms with van der Waals surface area (Å²) in [5.41, 5.74) is 1.58. The highest BCUT2D eigenvalue weighted by atomic mass is 79.9. The van der Waals surface area contributed by atoms with Crippen molar-refractivity contribution in [3.63, 3.8) is 0 Å². The van der Waals surface area contributed by atoms with Crippen LogP contribution in [0.1, 0.15) is 16.1 Å². The van der Waals surface area contributed by atoms with E-state index in [-0.39, 0.29) is 5.91 Å². The number of nitrogens with one attached hydrogen (secondary N) is 1. The number of halogens is 1. The van der Waals surface area contributed by atoms with Gasteiger partial charge in [-0.2, -0.15) is 0 Å². The standard InChI is InChI=1S/C15H15BrN2O3/c1-18-9-11(16)7-12(18)15(19)17-8-10-2-3-13-14(6-10)21-5-4-20-13/h2-3,6-7,9H,4-5,8H2,1H3,(H,17,19). The lowest BCUT2D eigenvalue weighted by Crippen LogP contribution is -2.25. The molecular formula is C15H15BrN2O3. The number of fused-ring (bicyclic) bond motifs is 1. The van der Waals surface area contributed by atoms with Gasteiger partial charge in [0.15, 0.2) is 11.5 Å². The molecule has 1 amide bonds. The van der Waals surface area contributed by atoms with Crippen molar-refractivity contribution in [3.8, 4) is 11.5 Å². The fraction of sp³-hybridized carbons (Fsp3) is 0.267. The molecule has 0 saturated heterocycles. The Hall–Kier alpha value is -1.95. The number of ether oxygens (including phenoxy) is 2. The zero-order valence-corrected chi connectivity index (χ0v) is 13.1. The zero-order chi connectivity index (χ0) is 14.8. The molecule has 1 N–H and O–H groups in total. The Morgan fingerprint density at radius 2 is 2.05 bits per heavy atom. The molecule has 6 heteroatoms. The Morgan fingerprint density at radius 3 is 2.76 bits per heavy atom. The monoisotopic (exact) mass is 350 g/mol. The van der Waals surface area contributed by atoms with Crippen LogP contribution in [0, 0.1) is 0 Å². The second-order valence-corrected chi connectivity index (χ2v) is 5.73. The van der Waals surface area contributed by atoms with Gasteiger partial charge in [-0.15, -0.1) is 0 Å². The van der Waals surface area contributed by atoms with E-state index in [1.807, 2.05) is 31.4 Å². The summed E-state index contributed by atoms with van der Waals surface area (Å²) in [6, 6.07) is 7.48. The number of benzene rings is 1. The first-order valence-electron chi connectivity index (χ1n) is 6.62. The van der Waals surface area contributed by atoms with E-state index in [0.717, 1.165) is 21.5 Å². The highest BCUT2D eigenvalue weighted by molar-refractivity contribution is 9.10. The topological polar surface area (TPSA) is 52.5 Å². The van der Waals surface area contributed by atoms with Crippen LogP contribution < -0.4 is 14.8 Å². The summed E-state index contributed by atoms with van der Waals surface area (Å²) >= 11 is 3.36. The molecule has 0 atom stereocenters.